The molecule has 42 heavy (non-hydrogen) atoms. The first-order chi connectivity index (χ1) is 20.7. The van der Waals surface area contributed by atoms with Crippen LogP contribution in [-0.4, -0.2) is 74.0 Å². The number of nitrogens with zero attached hydrogens (tertiary/aromatic N) is 2. The van der Waals surface area contributed by atoms with Crippen LogP contribution in [0.15, 0.2) is 18.2 Å². The summed E-state index contributed by atoms with van der Waals surface area (Å²) in [7, 11) is 0. The SMILES string of the molecule is CCCCC#CCCOc1cc(CCCCCCCCCCCCCCC)cc(OCCN2CCN(CCO)CC2)c1. The Kier molecular flexibility index (Phi) is 22.3. The van der Waals surface area contributed by atoms with Crippen LogP contribution in [0.5, 0.6) is 11.5 Å². The van der Waals surface area contributed by atoms with Crippen LogP contribution in [0.3, 0.4) is 0 Å². The van der Waals surface area contributed by atoms with Gasteiger partial charge in [-0.2, -0.15) is 0 Å². The van der Waals surface area contributed by atoms with Crippen LogP contribution < -0.4 is 9.47 Å². The van der Waals surface area contributed by atoms with Crippen molar-refractivity contribution in [3.63, 3.8) is 0 Å². The zero-order chi connectivity index (χ0) is 29.9. The number of hydrogen-bond acceptors (Lipinski definition) is 5. The van der Waals surface area contributed by atoms with Crippen molar-refractivity contribution in [3.8, 4) is 23.3 Å². The van der Waals surface area contributed by atoms with E-state index in [1.807, 2.05) is 0 Å². The number of piperazine rings is 1. The summed E-state index contributed by atoms with van der Waals surface area (Å²) >= 11 is 0. The third-order valence-corrected chi connectivity index (χ3v) is 8.34. The maximum Gasteiger partial charge on any atom is 0.123 e. The maximum absolute atomic E-state index is 9.17. The average Bonchev–Trinajstić information content (AvgIpc) is 3.00. The molecule has 1 heterocycles. The highest BCUT2D eigenvalue weighted by molar-refractivity contribution is 5.38. The maximum atomic E-state index is 9.17. The molecule has 0 bridgehead atoms. The molecular weight excluding hydrogens is 520 g/mol. The lowest BCUT2D eigenvalue weighted by Gasteiger charge is -2.34. The molecule has 2 rings (SSSR count). The molecule has 1 aromatic rings. The first-order valence-corrected chi connectivity index (χ1v) is 17.7. The Morgan fingerprint density at radius 3 is 1.67 bits per heavy atom. The standard InChI is InChI=1S/C37H64N2O3/c1-3-5-7-9-11-12-13-14-15-16-17-18-20-22-35-32-36(41-30-21-19-10-8-6-4-2)34-37(33-35)42-31-28-39-25-23-38(24-26-39)27-29-40/h32-34,40H,3-9,11-18,20-31H2,1-2H3. The van der Waals surface area contributed by atoms with Crippen molar-refractivity contribution in [1.29, 1.82) is 0 Å². The zero-order valence-corrected chi connectivity index (χ0v) is 27.5. The minimum atomic E-state index is 0.245. The van der Waals surface area contributed by atoms with Gasteiger partial charge in [0.05, 0.1) is 13.2 Å². The van der Waals surface area contributed by atoms with Crippen LogP contribution >= 0.6 is 0 Å². The average molecular weight is 585 g/mol. The van der Waals surface area contributed by atoms with Gasteiger partial charge >= 0.3 is 0 Å². The molecule has 5 nitrogen and oxygen atoms in total. The minimum absolute atomic E-state index is 0.245. The van der Waals surface area contributed by atoms with E-state index < -0.39 is 0 Å². The Morgan fingerprint density at radius 1 is 0.595 bits per heavy atom. The number of aliphatic hydroxyl groups excluding tert-OH is 1. The Labute approximate surface area is 259 Å². The van der Waals surface area contributed by atoms with Gasteiger partial charge in [0, 0.05) is 58.2 Å². The largest absolute Gasteiger partial charge is 0.492 e. The van der Waals surface area contributed by atoms with Gasteiger partial charge in [0.1, 0.15) is 18.1 Å². The second kappa shape index (κ2) is 25.7. The number of aliphatic hydroxyl groups is 1. The Hall–Kier alpha value is -1.74. The molecule has 0 spiro atoms. The lowest BCUT2D eigenvalue weighted by molar-refractivity contribution is 0.101. The zero-order valence-electron chi connectivity index (χ0n) is 27.5. The second-order valence-corrected chi connectivity index (χ2v) is 12.1. The van der Waals surface area contributed by atoms with E-state index in [1.165, 1.54) is 102 Å². The van der Waals surface area contributed by atoms with Gasteiger partial charge in [0.2, 0.25) is 0 Å². The van der Waals surface area contributed by atoms with Crippen LogP contribution in [0.4, 0.5) is 0 Å². The van der Waals surface area contributed by atoms with E-state index in [2.05, 4.69) is 53.7 Å². The molecule has 0 saturated carbocycles. The fourth-order valence-electron chi connectivity index (χ4n) is 5.62. The van der Waals surface area contributed by atoms with Gasteiger partial charge < -0.3 is 14.6 Å². The van der Waals surface area contributed by atoms with E-state index in [0.29, 0.717) is 13.2 Å². The lowest BCUT2D eigenvalue weighted by atomic mass is 10.0. The number of rotatable bonds is 25. The highest BCUT2D eigenvalue weighted by atomic mass is 16.5. The quantitative estimate of drug-likeness (QED) is 0.0926. The molecule has 1 aliphatic heterocycles. The van der Waals surface area contributed by atoms with Crippen LogP contribution in [-0.2, 0) is 6.42 Å². The minimum Gasteiger partial charge on any atom is -0.492 e. The summed E-state index contributed by atoms with van der Waals surface area (Å²) in [5, 5.41) is 9.17. The van der Waals surface area contributed by atoms with Gasteiger partial charge in [0.25, 0.3) is 0 Å². The van der Waals surface area contributed by atoms with Crippen LogP contribution in [0.1, 0.15) is 129 Å². The third kappa shape index (κ3) is 18.7. The van der Waals surface area contributed by atoms with Gasteiger partial charge in [-0.3, -0.25) is 9.80 Å². The van der Waals surface area contributed by atoms with Gasteiger partial charge in [-0.05, 0) is 37.0 Å². The molecule has 1 aliphatic rings. The van der Waals surface area contributed by atoms with Crippen LogP contribution in [0.25, 0.3) is 0 Å². The number of ether oxygens (including phenoxy) is 2. The highest BCUT2D eigenvalue weighted by Gasteiger charge is 2.16. The van der Waals surface area contributed by atoms with Crippen LogP contribution in [0, 0.1) is 11.8 Å². The fraction of sp³-hybridized carbons (Fsp3) is 0.784. The molecule has 1 fully saturated rings. The summed E-state index contributed by atoms with van der Waals surface area (Å²) < 4.78 is 12.4. The smallest absolute Gasteiger partial charge is 0.123 e. The molecule has 0 aliphatic carbocycles. The Balaban J connectivity index is 1.71. The summed E-state index contributed by atoms with van der Waals surface area (Å²) in [6, 6.07) is 6.48. The van der Waals surface area contributed by atoms with E-state index in [-0.39, 0.29) is 6.61 Å². The van der Waals surface area contributed by atoms with Crippen molar-refractivity contribution >= 4 is 0 Å². The van der Waals surface area contributed by atoms with Crippen molar-refractivity contribution in [2.75, 3.05) is 59.1 Å². The first kappa shape index (κ1) is 36.5. The monoisotopic (exact) mass is 584 g/mol. The van der Waals surface area contributed by atoms with Gasteiger partial charge in [0.15, 0.2) is 0 Å². The van der Waals surface area contributed by atoms with Crippen molar-refractivity contribution in [3.05, 3.63) is 23.8 Å². The van der Waals surface area contributed by atoms with Gasteiger partial charge in [-0.25, -0.2) is 0 Å². The van der Waals surface area contributed by atoms with Crippen molar-refractivity contribution in [2.24, 2.45) is 0 Å². The predicted molar refractivity (Wildman–Crippen MR) is 179 cm³/mol. The number of unbranched alkanes of at least 4 members (excludes halogenated alkanes) is 14. The number of hydrogen-bond donors (Lipinski definition) is 1. The predicted octanol–water partition coefficient (Wildman–Crippen LogP) is 8.27. The van der Waals surface area contributed by atoms with E-state index in [0.717, 1.165) is 70.0 Å². The number of benzene rings is 1. The molecule has 240 valence electrons. The summed E-state index contributed by atoms with van der Waals surface area (Å²) in [5.41, 5.74) is 1.32. The van der Waals surface area contributed by atoms with Gasteiger partial charge in [-0.1, -0.05) is 103 Å². The summed E-state index contributed by atoms with van der Waals surface area (Å²) in [6.07, 6.45) is 23.2. The number of β-amino-alcohol motifs (C(OH)–C–C–N with tert-alkyl or cyclic N) is 1. The van der Waals surface area contributed by atoms with Crippen molar-refractivity contribution in [1.82, 2.24) is 9.80 Å². The fourth-order valence-corrected chi connectivity index (χ4v) is 5.62. The Bertz CT molecular complexity index is 826. The third-order valence-electron chi connectivity index (χ3n) is 8.34. The lowest BCUT2D eigenvalue weighted by Crippen LogP contribution is -2.48. The molecular formula is C37H64N2O3. The molecule has 0 aromatic heterocycles. The molecule has 0 amide bonds. The molecule has 0 atom stereocenters. The highest BCUT2D eigenvalue weighted by Crippen LogP contribution is 2.25. The second-order valence-electron chi connectivity index (χ2n) is 12.1. The molecule has 1 N–H and O–H groups in total. The van der Waals surface area contributed by atoms with Crippen molar-refractivity contribution < 1.29 is 14.6 Å². The Morgan fingerprint density at radius 2 is 1.10 bits per heavy atom. The van der Waals surface area contributed by atoms with Gasteiger partial charge in [-0.15, -0.1) is 5.92 Å². The normalized spacial score (nSPS) is 14.1. The van der Waals surface area contributed by atoms with E-state index in [1.54, 1.807) is 0 Å². The van der Waals surface area contributed by atoms with E-state index in [9.17, 15) is 5.11 Å². The number of aryl methyl sites for hydroxylation is 1. The van der Waals surface area contributed by atoms with E-state index in [4.69, 9.17) is 9.47 Å². The first-order valence-electron chi connectivity index (χ1n) is 17.7. The molecule has 5 heteroatoms. The molecule has 1 aromatic carbocycles. The molecule has 1 saturated heterocycles. The summed E-state index contributed by atoms with van der Waals surface area (Å²) in [5.74, 6) is 8.34. The summed E-state index contributed by atoms with van der Waals surface area (Å²) in [4.78, 5) is 4.79. The van der Waals surface area contributed by atoms with E-state index >= 15 is 0 Å². The van der Waals surface area contributed by atoms with Crippen molar-refractivity contribution in [2.45, 2.75) is 129 Å². The summed E-state index contributed by atoms with van der Waals surface area (Å²) in [6.45, 7) is 11.9. The molecule has 0 radical (unpaired) electrons. The van der Waals surface area contributed by atoms with Crippen LogP contribution in [0.2, 0.25) is 0 Å². The topological polar surface area (TPSA) is 45.2 Å². The molecule has 0 unspecified atom stereocenters.